The number of aryl methyl sites for hydroxylation is 1. The fourth-order valence-corrected chi connectivity index (χ4v) is 4.39. The molecule has 1 aromatic heterocycles. The molecule has 1 amide bonds. The van der Waals surface area contributed by atoms with E-state index in [-0.39, 0.29) is 11.7 Å². The van der Waals surface area contributed by atoms with Gasteiger partial charge in [-0.1, -0.05) is 30.3 Å². The molecule has 2 bridgehead atoms. The molecule has 5 rings (SSSR count). The first kappa shape index (κ1) is 15.6. The number of piperidine rings is 3. The minimum Gasteiger partial charge on any atom is -0.443 e. The van der Waals surface area contributed by atoms with Gasteiger partial charge in [-0.15, -0.1) is 11.3 Å². The number of aromatic nitrogens is 1. The van der Waals surface area contributed by atoms with Gasteiger partial charge in [0.1, 0.15) is 16.3 Å². The van der Waals surface area contributed by atoms with Crippen molar-refractivity contribution in [2.45, 2.75) is 31.8 Å². The van der Waals surface area contributed by atoms with Gasteiger partial charge in [-0.2, -0.15) is 0 Å². The largest absolute Gasteiger partial charge is 0.443 e. The second-order valence-electron chi connectivity index (χ2n) is 6.57. The molecule has 1 aromatic carbocycles. The number of carbonyl (C=O) groups excluding carboxylic acids is 1. The van der Waals surface area contributed by atoms with E-state index in [1.807, 2.05) is 37.3 Å². The van der Waals surface area contributed by atoms with Gasteiger partial charge in [0.15, 0.2) is 0 Å². The molecular weight excluding hydrogens is 322 g/mol. The van der Waals surface area contributed by atoms with Crippen LogP contribution in [0.1, 0.15) is 24.3 Å². The van der Waals surface area contributed by atoms with Crippen LogP contribution < -0.4 is 5.32 Å². The fraction of sp³-hybridized carbons (Fsp3) is 0.444. The van der Waals surface area contributed by atoms with Crippen LogP contribution in [0.5, 0.6) is 0 Å². The van der Waals surface area contributed by atoms with Gasteiger partial charge < -0.3 is 9.64 Å². The van der Waals surface area contributed by atoms with Gasteiger partial charge in [-0.25, -0.2) is 9.78 Å². The predicted molar refractivity (Wildman–Crippen MR) is 95.4 cm³/mol. The van der Waals surface area contributed by atoms with Gasteiger partial charge in [0.05, 0.1) is 5.01 Å². The molecule has 24 heavy (non-hydrogen) atoms. The molecule has 126 valence electrons. The maximum atomic E-state index is 12.5. The highest BCUT2D eigenvalue weighted by atomic mass is 32.1. The normalized spacial score (nSPS) is 25.5. The number of nitrogens with zero attached hydrogens (tertiary/aromatic N) is 2. The minimum absolute atomic E-state index is 0.272. The van der Waals surface area contributed by atoms with Crippen LogP contribution in [0.15, 0.2) is 30.3 Å². The number of carbonyl (C=O) groups is 1. The fourth-order valence-electron chi connectivity index (χ4n) is 3.57. The molecule has 5 nitrogen and oxygen atoms in total. The Morgan fingerprint density at radius 2 is 1.88 bits per heavy atom. The van der Waals surface area contributed by atoms with Gasteiger partial charge in [0.25, 0.3) is 0 Å². The number of rotatable bonds is 3. The number of fused-ring (bicyclic) bond motifs is 3. The van der Waals surface area contributed by atoms with Crippen molar-refractivity contribution in [3.63, 3.8) is 0 Å². The van der Waals surface area contributed by atoms with Crippen molar-refractivity contribution in [2.24, 2.45) is 0 Å². The van der Waals surface area contributed by atoms with Crippen LogP contribution in [0.25, 0.3) is 11.3 Å². The molecule has 3 aliphatic rings. The highest BCUT2D eigenvalue weighted by molar-refractivity contribution is 7.16. The van der Waals surface area contributed by atoms with Crippen molar-refractivity contribution in [1.82, 2.24) is 9.88 Å². The number of hydrogen-bond donors (Lipinski definition) is 1. The second-order valence-corrected chi connectivity index (χ2v) is 7.77. The topological polar surface area (TPSA) is 54.5 Å². The average Bonchev–Trinajstić information content (AvgIpc) is 2.97. The number of nitrogens with one attached hydrogen (secondary N) is 1. The average molecular weight is 343 g/mol. The molecular formula is C18H21N3O2S. The van der Waals surface area contributed by atoms with Crippen molar-refractivity contribution in [1.29, 1.82) is 0 Å². The first-order valence-electron chi connectivity index (χ1n) is 8.39. The maximum absolute atomic E-state index is 12.5. The lowest BCUT2D eigenvalue weighted by Gasteiger charge is -2.47. The van der Waals surface area contributed by atoms with E-state index in [4.69, 9.17) is 4.74 Å². The Morgan fingerprint density at radius 1 is 1.21 bits per heavy atom. The highest BCUT2D eigenvalue weighted by Gasteiger charge is 2.42. The van der Waals surface area contributed by atoms with Crippen LogP contribution in [0.2, 0.25) is 0 Å². The first-order chi connectivity index (χ1) is 11.6. The number of amides is 1. The second kappa shape index (κ2) is 6.18. The number of anilines is 1. The molecule has 0 spiro atoms. The molecule has 6 heteroatoms. The number of thiazole rings is 1. The van der Waals surface area contributed by atoms with Crippen LogP contribution in [0.3, 0.4) is 0 Å². The van der Waals surface area contributed by atoms with Gasteiger partial charge in [-0.3, -0.25) is 5.32 Å². The lowest BCUT2D eigenvalue weighted by atomic mass is 9.83. The van der Waals surface area contributed by atoms with E-state index in [1.165, 1.54) is 11.3 Å². The zero-order valence-corrected chi connectivity index (χ0v) is 14.6. The number of ether oxygens (including phenoxy) is 1. The summed E-state index contributed by atoms with van der Waals surface area (Å²) in [6.45, 7) is 5.04. The van der Waals surface area contributed by atoms with Crippen LogP contribution in [0.4, 0.5) is 9.80 Å². The smallest absolute Gasteiger partial charge is 0.412 e. The van der Waals surface area contributed by atoms with E-state index in [1.54, 1.807) is 0 Å². The van der Waals surface area contributed by atoms with Gasteiger partial charge in [0.2, 0.25) is 0 Å². The molecule has 0 saturated carbocycles. The molecule has 3 saturated heterocycles. The molecule has 3 fully saturated rings. The third kappa shape index (κ3) is 3.03. The lowest BCUT2D eigenvalue weighted by molar-refractivity contribution is -0.0742. The molecule has 2 aromatic rings. The Bertz CT molecular complexity index is 722. The minimum atomic E-state index is -0.355. The van der Waals surface area contributed by atoms with Crippen LogP contribution in [-0.2, 0) is 4.74 Å². The molecule has 0 aliphatic carbocycles. The Morgan fingerprint density at radius 3 is 2.54 bits per heavy atom. The number of benzene rings is 1. The highest BCUT2D eigenvalue weighted by Crippen LogP contribution is 2.37. The Hall–Kier alpha value is -1.92. The van der Waals surface area contributed by atoms with E-state index in [0.29, 0.717) is 0 Å². The Kier molecular flexibility index (Phi) is 4.02. The molecule has 4 heterocycles. The lowest BCUT2D eigenvalue weighted by Crippen LogP contribution is -2.54. The van der Waals surface area contributed by atoms with Crippen molar-refractivity contribution in [2.75, 3.05) is 25.0 Å². The summed E-state index contributed by atoms with van der Waals surface area (Å²) < 4.78 is 5.87. The SMILES string of the molecule is Cc1nc(-c2ccccc2)c(NC(=O)OC23CCN(CC2)CC3)s1. The monoisotopic (exact) mass is 343 g/mol. The standard InChI is InChI=1S/C18H21N3O2S/c1-13-19-15(14-5-3-2-4-6-14)16(24-13)20-17(22)23-18-7-10-21(11-8-18)12-9-18/h2-6H,7-12H2,1H3,(H,20,22). The van der Waals surface area contributed by atoms with E-state index in [2.05, 4.69) is 15.2 Å². The van der Waals surface area contributed by atoms with Crippen molar-refractivity contribution in [3.8, 4) is 11.3 Å². The quantitative estimate of drug-likeness (QED) is 0.918. The van der Waals surface area contributed by atoms with E-state index >= 15 is 0 Å². The summed E-state index contributed by atoms with van der Waals surface area (Å²) in [7, 11) is 0. The molecule has 0 radical (unpaired) electrons. The third-order valence-corrected chi connectivity index (χ3v) is 5.84. The summed E-state index contributed by atoms with van der Waals surface area (Å²) in [6.07, 6.45) is 2.46. The van der Waals surface area contributed by atoms with Crippen molar-refractivity contribution < 1.29 is 9.53 Å². The summed E-state index contributed by atoms with van der Waals surface area (Å²) in [6, 6.07) is 9.92. The molecule has 3 aliphatic heterocycles. The van der Waals surface area contributed by atoms with Crippen LogP contribution in [-0.4, -0.2) is 41.2 Å². The van der Waals surface area contributed by atoms with Crippen molar-refractivity contribution >= 4 is 22.4 Å². The zero-order valence-electron chi connectivity index (χ0n) is 13.7. The Labute approximate surface area is 145 Å². The van der Waals surface area contributed by atoms with Crippen LogP contribution >= 0.6 is 11.3 Å². The van der Waals surface area contributed by atoms with Crippen LogP contribution in [0, 0.1) is 6.92 Å². The van der Waals surface area contributed by atoms with Gasteiger partial charge in [0, 0.05) is 44.5 Å². The molecule has 1 N–H and O–H groups in total. The van der Waals surface area contributed by atoms with Gasteiger partial charge in [-0.05, 0) is 6.92 Å². The Balaban J connectivity index is 1.50. The molecule has 0 unspecified atom stereocenters. The van der Waals surface area contributed by atoms with E-state index < -0.39 is 0 Å². The third-order valence-electron chi connectivity index (χ3n) is 4.96. The summed E-state index contributed by atoms with van der Waals surface area (Å²) >= 11 is 1.48. The maximum Gasteiger partial charge on any atom is 0.412 e. The van der Waals surface area contributed by atoms with Crippen molar-refractivity contribution in [3.05, 3.63) is 35.3 Å². The van der Waals surface area contributed by atoms with Gasteiger partial charge >= 0.3 is 6.09 Å². The summed E-state index contributed by atoms with van der Waals surface area (Å²) in [4.78, 5) is 19.5. The molecule has 0 atom stereocenters. The summed E-state index contributed by atoms with van der Waals surface area (Å²) in [5.41, 5.74) is 1.54. The number of hydrogen-bond acceptors (Lipinski definition) is 5. The van der Waals surface area contributed by atoms with E-state index in [9.17, 15) is 4.79 Å². The summed E-state index contributed by atoms with van der Waals surface area (Å²) in [5.74, 6) is 0. The first-order valence-corrected chi connectivity index (χ1v) is 9.20. The summed E-state index contributed by atoms with van der Waals surface area (Å²) in [5, 5.41) is 4.62. The zero-order chi connectivity index (χ0) is 16.6. The predicted octanol–water partition coefficient (Wildman–Crippen LogP) is 3.91. The van der Waals surface area contributed by atoms with E-state index in [0.717, 1.165) is 60.2 Å².